The fourth-order valence-electron chi connectivity index (χ4n) is 1.98. The number of hydrogen-bond acceptors (Lipinski definition) is 5. The SMILES string of the molecule is C[C@@H]1CNCCN1C(=O)CNS(=O)(=O)c1ccc(Br)s1.Cl. The molecule has 2 rings (SSSR count). The van der Waals surface area contributed by atoms with Crippen LogP contribution in [0, 0.1) is 0 Å². The zero-order valence-electron chi connectivity index (χ0n) is 11.3. The summed E-state index contributed by atoms with van der Waals surface area (Å²) in [5, 5.41) is 3.18. The number of rotatable bonds is 4. The average molecular weight is 419 g/mol. The number of nitrogens with one attached hydrogen (secondary N) is 2. The molecule has 1 aromatic heterocycles. The lowest BCUT2D eigenvalue weighted by atomic mass is 10.2. The predicted octanol–water partition coefficient (Wildman–Crippen LogP) is 1.03. The molecular weight excluding hydrogens is 402 g/mol. The first-order chi connectivity index (χ1) is 9.40. The molecule has 1 amide bonds. The molecule has 0 unspecified atom stereocenters. The van der Waals surface area contributed by atoms with Crippen LogP contribution in [0.4, 0.5) is 0 Å². The summed E-state index contributed by atoms with van der Waals surface area (Å²) < 4.78 is 27.3. The minimum absolute atomic E-state index is 0. The largest absolute Gasteiger partial charge is 0.336 e. The molecule has 1 atom stereocenters. The summed E-state index contributed by atoms with van der Waals surface area (Å²) in [7, 11) is -3.62. The van der Waals surface area contributed by atoms with Gasteiger partial charge in [0.15, 0.2) is 0 Å². The van der Waals surface area contributed by atoms with Crippen LogP contribution in [0.3, 0.4) is 0 Å². The third-order valence-corrected chi connectivity index (χ3v) is 6.57. The molecule has 1 saturated heterocycles. The van der Waals surface area contributed by atoms with E-state index >= 15 is 0 Å². The van der Waals surface area contributed by atoms with Crippen molar-refractivity contribution in [2.75, 3.05) is 26.2 Å². The van der Waals surface area contributed by atoms with Gasteiger partial charge in [-0.15, -0.1) is 23.7 Å². The van der Waals surface area contributed by atoms with E-state index in [2.05, 4.69) is 26.0 Å². The van der Waals surface area contributed by atoms with E-state index in [1.165, 1.54) is 6.07 Å². The highest BCUT2D eigenvalue weighted by atomic mass is 79.9. The molecule has 0 aliphatic carbocycles. The van der Waals surface area contributed by atoms with Crippen molar-refractivity contribution in [3.05, 3.63) is 15.9 Å². The van der Waals surface area contributed by atoms with Crippen LogP contribution in [0.15, 0.2) is 20.1 Å². The Kier molecular flexibility index (Phi) is 7.08. The van der Waals surface area contributed by atoms with E-state index in [1.54, 1.807) is 11.0 Å². The molecule has 1 aliphatic rings. The maximum atomic E-state index is 12.1. The Morgan fingerprint density at radius 3 is 2.86 bits per heavy atom. The van der Waals surface area contributed by atoms with E-state index in [-0.39, 0.29) is 35.1 Å². The molecule has 1 aliphatic heterocycles. The Morgan fingerprint density at radius 1 is 1.57 bits per heavy atom. The van der Waals surface area contributed by atoms with Gasteiger partial charge >= 0.3 is 0 Å². The standard InChI is InChI=1S/C11H16BrN3O3S2.ClH/c1-8-6-13-4-5-15(8)10(16)7-14-20(17,18)11-3-2-9(12)19-11;/h2-3,8,13-14H,4-7H2,1H3;1H/t8-;/m1./s1. The zero-order valence-corrected chi connectivity index (χ0v) is 15.4. The lowest BCUT2D eigenvalue weighted by Crippen LogP contribution is -2.54. The highest BCUT2D eigenvalue weighted by Crippen LogP contribution is 2.25. The normalized spacial score (nSPS) is 19.1. The molecule has 21 heavy (non-hydrogen) atoms. The maximum absolute atomic E-state index is 12.1. The number of carbonyl (C=O) groups is 1. The molecule has 120 valence electrons. The van der Waals surface area contributed by atoms with Gasteiger partial charge in [-0.3, -0.25) is 4.79 Å². The van der Waals surface area contributed by atoms with E-state index in [9.17, 15) is 13.2 Å². The molecule has 1 aromatic rings. The lowest BCUT2D eigenvalue weighted by Gasteiger charge is -2.34. The van der Waals surface area contributed by atoms with Gasteiger partial charge in [-0.2, -0.15) is 0 Å². The number of sulfonamides is 1. The van der Waals surface area contributed by atoms with Crippen molar-refractivity contribution in [3.63, 3.8) is 0 Å². The van der Waals surface area contributed by atoms with Crippen LogP contribution in [0.5, 0.6) is 0 Å². The van der Waals surface area contributed by atoms with Crippen molar-refractivity contribution >= 4 is 55.6 Å². The second-order valence-corrected chi connectivity index (χ2v) is 8.98. The summed E-state index contributed by atoms with van der Waals surface area (Å²) in [4.78, 5) is 13.8. The predicted molar refractivity (Wildman–Crippen MR) is 88.5 cm³/mol. The van der Waals surface area contributed by atoms with Crippen LogP contribution in [-0.2, 0) is 14.8 Å². The first kappa shape index (κ1) is 18.9. The molecule has 10 heteroatoms. The molecule has 0 spiro atoms. The fourth-order valence-corrected chi connectivity index (χ4v) is 5.01. The summed E-state index contributed by atoms with van der Waals surface area (Å²) in [5.74, 6) is -0.196. The summed E-state index contributed by atoms with van der Waals surface area (Å²) in [5.41, 5.74) is 0. The number of nitrogens with zero attached hydrogens (tertiary/aromatic N) is 1. The third-order valence-electron chi connectivity index (χ3n) is 3.05. The Labute approximate surface area is 142 Å². The quantitative estimate of drug-likeness (QED) is 0.765. The van der Waals surface area contributed by atoms with E-state index in [0.717, 1.165) is 28.2 Å². The summed E-state index contributed by atoms with van der Waals surface area (Å²) in [6, 6.07) is 3.26. The van der Waals surface area contributed by atoms with E-state index in [1.807, 2.05) is 6.92 Å². The van der Waals surface area contributed by atoms with Crippen molar-refractivity contribution in [1.82, 2.24) is 14.9 Å². The molecule has 0 saturated carbocycles. The number of hydrogen-bond donors (Lipinski definition) is 2. The van der Waals surface area contributed by atoms with Gasteiger partial charge in [-0.05, 0) is 35.0 Å². The van der Waals surface area contributed by atoms with Crippen molar-refractivity contribution < 1.29 is 13.2 Å². The number of amides is 1. The van der Waals surface area contributed by atoms with Crippen LogP contribution < -0.4 is 10.0 Å². The van der Waals surface area contributed by atoms with Crippen molar-refractivity contribution in [1.29, 1.82) is 0 Å². The number of piperazine rings is 1. The van der Waals surface area contributed by atoms with Gasteiger partial charge in [0.1, 0.15) is 4.21 Å². The Bertz CT molecular complexity index is 593. The smallest absolute Gasteiger partial charge is 0.250 e. The number of thiophene rings is 1. The zero-order chi connectivity index (χ0) is 14.8. The number of carbonyl (C=O) groups excluding carboxylic acids is 1. The van der Waals surface area contributed by atoms with Crippen molar-refractivity contribution in [2.45, 2.75) is 17.2 Å². The van der Waals surface area contributed by atoms with Crippen molar-refractivity contribution in [3.8, 4) is 0 Å². The van der Waals surface area contributed by atoms with Gasteiger partial charge in [0, 0.05) is 25.7 Å². The monoisotopic (exact) mass is 417 g/mol. The molecule has 0 aromatic carbocycles. The second kappa shape index (κ2) is 7.89. The van der Waals surface area contributed by atoms with E-state index in [4.69, 9.17) is 0 Å². The van der Waals surface area contributed by atoms with Gasteiger partial charge in [0.25, 0.3) is 10.0 Å². The summed E-state index contributed by atoms with van der Waals surface area (Å²) in [6.07, 6.45) is 0. The molecule has 0 bridgehead atoms. The number of halogens is 2. The average Bonchev–Trinajstić information content (AvgIpc) is 2.84. The molecular formula is C11H17BrClN3O3S2. The van der Waals surface area contributed by atoms with Crippen molar-refractivity contribution in [2.24, 2.45) is 0 Å². The van der Waals surface area contributed by atoms with E-state index in [0.29, 0.717) is 6.54 Å². The van der Waals surface area contributed by atoms with Gasteiger partial charge in [0.2, 0.25) is 5.91 Å². The third kappa shape index (κ3) is 4.90. The van der Waals surface area contributed by atoms with Gasteiger partial charge in [0.05, 0.1) is 10.3 Å². The Balaban J connectivity index is 0.00000220. The molecule has 0 radical (unpaired) electrons. The second-order valence-electron chi connectivity index (χ2n) is 4.52. The topological polar surface area (TPSA) is 78.5 Å². The van der Waals surface area contributed by atoms with Gasteiger partial charge in [-0.25, -0.2) is 13.1 Å². The Hall–Kier alpha value is -0.190. The first-order valence-electron chi connectivity index (χ1n) is 6.15. The molecule has 2 N–H and O–H groups in total. The van der Waals surface area contributed by atoms with Crippen LogP contribution in [0.1, 0.15) is 6.92 Å². The first-order valence-corrected chi connectivity index (χ1v) is 9.24. The highest BCUT2D eigenvalue weighted by Gasteiger charge is 2.25. The Morgan fingerprint density at radius 2 is 2.29 bits per heavy atom. The molecule has 1 fully saturated rings. The minimum Gasteiger partial charge on any atom is -0.336 e. The van der Waals surface area contributed by atoms with Crippen LogP contribution in [0.25, 0.3) is 0 Å². The fraction of sp³-hybridized carbons (Fsp3) is 0.545. The van der Waals surface area contributed by atoms with E-state index < -0.39 is 10.0 Å². The highest BCUT2D eigenvalue weighted by molar-refractivity contribution is 9.11. The van der Waals surface area contributed by atoms with Gasteiger partial charge in [-0.1, -0.05) is 0 Å². The van der Waals surface area contributed by atoms with Gasteiger partial charge < -0.3 is 10.2 Å². The molecule has 6 nitrogen and oxygen atoms in total. The van der Waals surface area contributed by atoms with Crippen LogP contribution >= 0.6 is 39.7 Å². The minimum atomic E-state index is -3.62. The maximum Gasteiger partial charge on any atom is 0.250 e. The summed E-state index contributed by atoms with van der Waals surface area (Å²) in [6.45, 7) is 3.81. The van der Waals surface area contributed by atoms with Crippen LogP contribution in [-0.4, -0.2) is 51.4 Å². The molecule has 2 heterocycles. The van der Waals surface area contributed by atoms with Crippen LogP contribution in [0.2, 0.25) is 0 Å². The lowest BCUT2D eigenvalue weighted by molar-refractivity contribution is -0.132. The summed E-state index contributed by atoms with van der Waals surface area (Å²) >= 11 is 4.33.